The average molecular weight is 264 g/mol. The van der Waals surface area contributed by atoms with Gasteiger partial charge >= 0.3 is 0 Å². The van der Waals surface area contributed by atoms with E-state index in [0.717, 1.165) is 13.1 Å². The molecule has 1 aliphatic carbocycles. The molecule has 0 amide bonds. The van der Waals surface area contributed by atoms with Gasteiger partial charge in [-0.25, -0.2) is 0 Å². The minimum absolute atomic E-state index is 0.130. The molecule has 2 fully saturated rings. The molecule has 1 aromatic rings. The fourth-order valence-corrected chi connectivity index (χ4v) is 3.98. The number of hydrogen-bond acceptors (Lipinski definition) is 1. The lowest BCUT2D eigenvalue weighted by Gasteiger charge is -2.47. The van der Waals surface area contributed by atoms with Gasteiger partial charge in [0.1, 0.15) is 0 Å². The summed E-state index contributed by atoms with van der Waals surface area (Å²) in [6.45, 7) is 3.44. The van der Waals surface area contributed by atoms with Crippen LogP contribution in [-0.2, 0) is 6.54 Å². The summed E-state index contributed by atoms with van der Waals surface area (Å²) in [6.07, 6.45) is 6.44. The SMILES string of the molecule is Cl[C@]12CCCC[C@@H]1CN(Cc1ccccc1)CC2. The van der Waals surface area contributed by atoms with Crippen molar-refractivity contribution in [2.24, 2.45) is 5.92 Å². The van der Waals surface area contributed by atoms with Crippen LogP contribution in [0.15, 0.2) is 30.3 Å². The van der Waals surface area contributed by atoms with Gasteiger partial charge in [0, 0.05) is 24.5 Å². The molecule has 1 aliphatic heterocycles. The number of benzene rings is 1. The first-order valence-electron chi connectivity index (χ1n) is 7.21. The van der Waals surface area contributed by atoms with E-state index >= 15 is 0 Å². The third-order valence-electron chi connectivity index (χ3n) is 4.70. The van der Waals surface area contributed by atoms with Crippen LogP contribution in [-0.4, -0.2) is 22.9 Å². The largest absolute Gasteiger partial charge is 0.299 e. The molecule has 1 heterocycles. The molecular formula is C16H22ClN. The maximum absolute atomic E-state index is 6.82. The number of hydrogen-bond donors (Lipinski definition) is 0. The van der Waals surface area contributed by atoms with Crippen LogP contribution in [0.5, 0.6) is 0 Å². The summed E-state index contributed by atoms with van der Waals surface area (Å²) in [6, 6.07) is 10.8. The molecule has 1 aromatic carbocycles. The lowest BCUT2D eigenvalue weighted by atomic mass is 9.74. The molecule has 2 heteroatoms. The first kappa shape index (κ1) is 12.5. The van der Waals surface area contributed by atoms with E-state index in [1.54, 1.807) is 0 Å². The number of rotatable bonds is 2. The number of likely N-dealkylation sites (tertiary alicyclic amines) is 1. The maximum atomic E-state index is 6.82. The minimum Gasteiger partial charge on any atom is -0.299 e. The number of nitrogens with zero attached hydrogens (tertiary/aromatic N) is 1. The van der Waals surface area contributed by atoms with E-state index in [1.807, 2.05) is 0 Å². The van der Waals surface area contributed by atoms with Crippen molar-refractivity contribution < 1.29 is 0 Å². The van der Waals surface area contributed by atoms with Gasteiger partial charge in [-0.1, -0.05) is 43.2 Å². The van der Waals surface area contributed by atoms with Crippen molar-refractivity contribution in [2.75, 3.05) is 13.1 Å². The van der Waals surface area contributed by atoms with Crippen molar-refractivity contribution >= 4 is 11.6 Å². The minimum atomic E-state index is 0.130. The molecule has 0 unspecified atom stereocenters. The first-order valence-corrected chi connectivity index (χ1v) is 7.59. The average Bonchev–Trinajstić information content (AvgIpc) is 2.40. The van der Waals surface area contributed by atoms with Crippen molar-refractivity contribution in [2.45, 2.75) is 43.5 Å². The molecule has 0 spiro atoms. The summed E-state index contributed by atoms with van der Waals surface area (Å²) in [5.41, 5.74) is 1.43. The molecule has 18 heavy (non-hydrogen) atoms. The van der Waals surface area contributed by atoms with Gasteiger partial charge in [0.05, 0.1) is 0 Å². The molecule has 98 valence electrons. The molecule has 2 aliphatic rings. The Hall–Kier alpha value is -0.530. The summed E-state index contributed by atoms with van der Waals surface area (Å²) in [5, 5.41) is 0. The summed E-state index contributed by atoms with van der Waals surface area (Å²) in [7, 11) is 0. The van der Waals surface area contributed by atoms with Crippen molar-refractivity contribution in [3.8, 4) is 0 Å². The fraction of sp³-hybridized carbons (Fsp3) is 0.625. The van der Waals surface area contributed by atoms with Gasteiger partial charge < -0.3 is 0 Å². The number of fused-ring (bicyclic) bond motifs is 1. The summed E-state index contributed by atoms with van der Waals surface area (Å²) < 4.78 is 0. The van der Waals surface area contributed by atoms with Gasteiger partial charge in [-0.2, -0.15) is 0 Å². The van der Waals surface area contributed by atoms with E-state index in [2.05, 4.69) is 35.2 Å². The van der Waals surface area contributed by atoms with E-state index in [-0.39, 0.29) is 4.87 Å². The van der Waals surface area contributed by atoms with E-state index < -0.39 is 0 Å². The number of halogens is 1. The Morgan fingerprint density at radius 3 is 2.83 bits per heavy atom. The van der Waals surface area contributed by atoms with Crippen molar-refractivity contribution in [1.82, 2.24) is 4.90 Å². The molecule has 0 bridgehead atoms. The van der Waals surface area contributed by atoms with Gasteiger partial charge in [0.25, 0.3) is 0 Å². The second-order valence-corrected chi connectivity index (χ2v) is 6.70. The van der Waals surface area contributed by atoms with E-state index in [4.69, 9.17) is 11.6 Å². The van der Waals surface area contributed by atoms with Crippen LogP contribution in [0.2, 0.25) is 0 Å². The Bertz CT molecular complexity index is 391. The Morgan fingerprint density at radius 1 is 1.17 bits per heavy atom. The normalized spacial score (nSPS) is 33.1. The quantitative estimate of drug-likeness (QED) is 0.728. The van der Waals surface area contributed by atoms with Gasteiger partial charge in [-0.05, 0) is 30.7 Å². The highest BCUT2D eigenvalue weighted by molar-refractivity contribution is 6.24. The molecule has 1 saturated heterocycles. The molecule has 3 rings (SSSR count). The Labute approximate surface area is 115 Å². The Morgan fingerprint density at radius 2 is 2.00 bits per heavy atom. The van der Waals surface area contributed by atoms with Crippen LogP contribution in [0.25, 0.3) is 0 Å². The third-order valence-corrected chi connectivity index (χ3v) is 5.38. The highest BCUT2D eigenvalue weighted by Gasteiger charge is 2.42. The van der Waals surface area contributed by atoms with Crippen molar-refractivity contribution in [3.05, 3.63) is 35.9 Å². The smallest absolute Gasteiger partial charge is 0.0499 e. The van der Waals surface area contributed by atoms with Crippen molar-refractivity contribution in [1.29, 1.82) is 0 Å². The zero-order chi connectivity index (χ0) is 12.4. The second-order valence-electron chi connectivity index (χ2n) is 5.95. The highest BCUT2D eigenvalue weighted by Crippen LogP contribution is 2.44. The van der Waals surface area contributed by atoms with Crippen LogP contribution < -0.4 is 0 Å². The van der Waals surface area contributed by atoms with Gasteiger partial charge in [0.15, 0.2) is 0 Å². The highest BCUT2D eigenvalue weighted by atomic mass is 35.5. The van der Waals surface area contributed by atoms with E-state index in [1.165, 1.54) is 44.2 Å². The maximum Gasteiger partial charge on any atom is 0.0499 e. The summed E-state index contributed by atoms with van der Waals surface area (Å²) in [4.78, 5) is 2.72. The van der Waals surface area contributed by atoms with Crippen molar-refractivity contribution in [3.63, 3.8) is 0 Å². The van der Waals surface area contributed by atoms with E-state index in [0.29, 0.717) is 5.92 Å². The molecule has 2 atom stereocenters. The van der Waals surface area contributed by atoms with Gasteiger partial charge in [-0.3, -0.25) is 4.90 Å². The molecule has 1 nitrogen and oxygen atoms in total. The van der Waals surface area contributed by atoms with Crippen LogP contribution in [0.3, 0.4) is 0 Å². The number of piperidine rings is 1. The summed E-state index contributed by atoms with van der Waals surface area (Å²) in [5.74, 6) is 0.713. The van der Waals surface area contributed by atoms with Gasteiger partial charge in [-0.15, -0.1) is 11.6 Å². The zero-order valence-corrected chi connectivity index (χ0v) is 11.7. The van der Waals surface area contributed by atoms with Crippen LogP contribution in [0, 0.1) is 5.92 Å². The molecule has 0 N–H and O–H groups in total. The molecule has 0 aromatic heterocycles. The monoisotopic (exact) mass is 263 g/mol. The third kappa shape index (κ3) is 2.57. The Balaban J connectivity index is 1.63. The first-order chi connectivity index (χ1) is 8.76. The molecule has 0 radical (unpaired) electrons. The topological polar surface area (TPSA) is 3.24 Å². The summed E-state index contributed by atoms with van der Waals surface area (Å²) >= 11 is 6.82. The zero-order valence-electron chi connectivity index (χ0n) is 10.9. The molecular weight excluding hydrogens is 242 g/mol. The molecule has 1 saturated carbocycles. The van der Waals surface area contributed by atoms with Crippen LogP contribution in [0.4, 0.5) is 0 Å². The predicted octanol–water partition coefficient (Wildman–Crippen LogP) is 4.06. The predicted molar refractivity (Wildman–Crippen MR) is 76.9 cm³/mol. The standard InChI is InChI=1S/C16H22ClN/c17-16-9-5-4-8-15(16)13-18(11-10-16)12-14-6-2-1-3-7-14/h1-3,6-7,15H,4-5,8-13H2/t15-,16+/m1/s1. The van der Waals surface area contributed by atoms with Crippen LogP contribution in [0.1, 0.15) is 37.7 Å². The second kappa shape index (κ2) is 5.22. The fourth-order valence-electron chi connectivity index (χ4n) is 3.59. The Kier molecular flexibility index (Phi) is 3.63. The lowest BCUT2D eigenvalue weighted by Crippen LogP contribution is -2.49. The van der Waals surface area contributed by atoms with Gasteiger partial charge in [0.2, 0.25) is 0 Å². The van der Waals surface area contributed by atoms with Crippen LogP contribution >= 0.6 is 11.6 Å². The van der Waals surface area contributed by atoms with E-state index in [9.17, 15) is 0 Å². The lowest BCUT2D eigenvalue weighted by molar-refractivity contribution is 0.0987. The number of alkyl halides is 1.